The number of nitrogens with one attached hydrogen (secondary N) is 2. The molecule has 0 unspecified atom stereocenters. The van der Waals surface area contributed by atoms with E-state index >= 15 is 0 Å². The maximum Gasteiger partial charge on any atom is 0.282 e. The largest absolute Gasteiger partial charge is 0.492 e. The lowest BCUT2D eigenvalue weighted by atomic mass is 10.2. The Morgan fingerprint density at radius 3 is 2.48 bits per heavy atom. The number of benzene rings is 2. The molecule has 0 atom stereocenters. The molecule has 0 radical (unpaired) electrons. The number of ether oxygens (including phenoxy) is 1. The molecule has 0 fully saturated rings. The summed E-state index contributed by atoms with van der Waals surface area (Å²) in [6.45, 7) is 2.74. The molecule has 0 heterocycles. The van der Waals surface area contributed by atoms with Crippen molar-refractivity contribution in [2.24, 2.45) is 0 Å². The van der Waals surface area contributed by atoms with Crippen LogP contribution in [0.2, 0.25) is 0 Å². The van der Waals surface area contributed by atoms with Crippen molar-refractivity contribution in [3.63, 3.8) is 0 Å². The maximum atomic E-state index is 12.3. The van der Waals surface area contributed by atoms with Crippen LogP contribution in [0.1, 0.15) is 53.3 Å². The third-order valence-electron chi connectivity index (χ3n) is 4.08. The van der Waals surface area contributed by atoms with E-state index < -0.39 is 16.7 Å². The lowest BCUT2D eigenvalue weighted by Crippen LogP contribution is -2.41. The summed E-state index contributed by atoms with van der Waals surface area (Å²) >= 11 is 3.37. The molecule has 0 aliphatic heterocycles. The van der Waals surface area contributed by atoms with Crippen molar-refractivity contribution in [1.29, 1.82) is 0 Å². The van der Waals surface area contributed by atoms with Crippen molar-refractivity contribution in [3.05, 3.63) is 68.2 Å². The monoisotopic (exact) mass is 463 g/mol. The summed E-state index contributed by atoms with van der Waals surface area (Å²) in [5.74, 6) is -0.717. The van der Waals surface area contributed by atoms with Crippen LogP contribution < -0.4 is 15.6 Å². The minimum atomic E-state index is -0.781. The van der Waals surface area contributed by atoms with Crippen LogP contribution in [0.5, 0.6) is 5.75 Å². The quantitative estimate of drug-likeness (QED) is 0.325. The van der Waals surface area contributed by atoms with Crippen LogP contribution in [0.3, 0.4) is 0 Å². The van der Waals surface area contributed by atoms with Crippen LogP contribution in [0.15, 0.2) is 46.9 Å². The first-order chi connectivity index (χ1) is 13.9. The van der Waals surface area contributed by atoms with Crippen LogP contribution in [0.4, 0.5) is 5.69 Å². The highest BCUT2D eigenvalue weighted by Gasteiger charge is 2.19. The number of nitro benzene ring substituents is 1. The zero-order chi connectivity index (χ0) is 21.2. The van der Waals surface area contributed by atoms with E-state index in [0.717, 1.165) is 19.3 Å². The molecule has 2 amide bonds. The molecule has 2 rings (SSSR count). The lowest BCUT2D eigenvalue weighted by molar-refractivity contribution is -0.385. The number of carbonyl (C=O) groups is 2. The zero-order valence-electron chi connectivity index (χ0n) is 15.9. The molecule has 0 aliphatic rings. The van der Waals surface area contributed by atoms with E-state index in [9.17, 15) is 19.7 Å². The van der Waals surface area contributed by atoms with Gasteiger partial charge in [-0.1, -0.05) is 38.3 Å². The molecule has 0 saturated carbocycles. The smallest absolute Gasteiger partial charge is 0.282 e. The van der Waals surface area contributed by atoms with E-state index in [4.69, 9.17) is 4.74 Å². The molecular formula is C20H22BrN3O5. The van der Waals surface area contributed by atoms with Crippen molar-refractivity contribution in [2.45, 2.75) is 32.6 Å². The Morgan fingerprint density at radius 1 is 1.07 bits per heavy atom. The van der Waals surface area contributed by atoms with Gasteiger partial charge in [-0.05, 0) is 46.6 Å². The summed E-state index contributed by atoms with van der Waals surface area (Å²) in [4.78, 5) is 34.8. The molecule has 0 saturated heterocycles. The SMILES string of the molecule is CCCCCCOc1ccc(C(=O)NNC(=O)c2ccccc2[N+](=O)[O-])cc1Br. The number of nitro groups is 1. The first kappa shape index (κ1) is 22.4. The van der Waals surface area contributed by atoms with Gasteiger partial charge >= 0.3 is 0 Å². The van der Waals surface area contributed by atoms with Gasteiger partial charge in [0, 0.05) is 11.6 Å². The number of nitrogens with zero attached hydrogens (tertiary/aromatic N) is 1. The summed E-state index contributed by atoms with van der Waals surface area (Å²) < 4.78 is 6.31. The Kier molecular flexibility index (Phi) is 8.60. The van der Waals surface area contributed by atoms with Gasteiger partial charge in [0.15, 0.2) is 0 Å². The summed E-state index contributed by atoms with van der Waals surface area (Å²) in [6.07, 6.45) is 4.39. The number of para-hydroxylation sites is 1. The molecule has 0 aromatic heterocycles. The number of unbranched alkanes of at least 4 members (excludes halogenated alkanes) is 3. The van der Waals surface area contributed by atoms with Gasteiger partial charge < -0.3 is 4.74 Å². The Balaban J connectivity index is 1.93. The van der Waals surface area contributed by atoms with Gasteiger partial charge in [-0.2, -0.15) is 0 Å². The summed E-state index contributed by atoms with van der Waals surface area (Å²) in [6, 6.07) is 10.3. The van der Waals surface area contributed by atoms with Gasteiger partial charge in [0.1, 0.15) is 11.3 Å². The number of hydrogen-bond donors (Lipinski definition) is 2. The Hall–Kier alpha value is -2.94. The van der Waals surface area contributed by atoms with Crippen LogP contribution in [0.25, 0.3) is 0 Å². The van der Waals surface area contributed by atoms with Gasteiger partial charge in [0.2, 0.25) is 0 Å². The third kappa shape index (κ3) is 6.56. The number of carbonyl (C=O) groups excluding carboxylic acids is 2. The van der Waals surface area contributed by atoms with Crippen molar-refractivity contribution in [2.75, 3.05) is 6.61 Å². The topological polar surface area (TPSA) is 111 Å². The molecule has 2 aromatic rings. The molecule has 9 heteroatoms. The van der Waals surface area contributed by atoms with E-state index in [1.807, 2.05) is 0 Å². The number of hydrogen-bond acceptors (Lipinski definition) is 5. The highest BCUT2D eigenvalue weighted by Crippen LogP contribution is 2.26. The zero-order valence-corrected chi connectivity index (χ0v) is 17.5. The fourth-order valence-electron chi connectivity index (χ4n) is 2.55. The summed E-state index contributed by atoms with van der Waals surface area (Å²) in [7, 11) is 0. The number of rotatable bonds is 9. The van der Waals surface area contributed by atoms with Crippen molar-refractivity contribution in [1.82, 2.24) is 10.9 Å². The first-order valence-electron chi connectivity index (χ1n) is 9.20. The second-order valence-corrected chi connectivity index (χ2v) is 7.09. The summed E-state index contributed by atoms with van der Waals surface area (Å²) in [5.41, 5.74) is 4.24. The first-order valence-corrected chi connectivity index (χ1v) is 9.99. The maximum absolute atomic E-state index is 12.3. The standard InChI is InChI=1S/C20H22BrN3O5/c1-2-3-4-7-12-29-18-11-10-14(13-16(18)21)19(25)22-23-20(26)15-8-5-6-9-17(15)24(27)28/h5-6,8-11,13H,2-4,7,12H2,1H3,(H,22,25)(H,23,26). The second-order valence-electron chi connectivity index (χ2n) is 6.24. The van der Waals surface area contributed by atoms with E-state index in [1.165, 1.54) is 30.7 Å². The highest BCUT2D eigenvalue weighted by atomic mass is 79.9. The minimum absolute atomic E-state index is 0.147. The molecule has 8 nitrogen and oxygen atoms in total. The van der Waals surface area contributed by atoms with Crippen LogP contribution in [0, 0.1) is 10.1 Å². The molecule has 0 aliphatic carbocycles. The van der Waals surface area contributed by atoms with E-state index in [0.29, 0.717) is 16.8 Å². The Morgan fingerprint density at radius 2 is 1.79 bits per heavy atom. The van der Waals surface area contributed by atoms with Gasteiger partial charge in [-0.3, -0.25) is 30.6 Å². The molecule has 29 heavy (non-hydrogen) atoms. The number of halogens is 1. The highest BCUT2D eigenvalue weighted by molar-refractivity contribution is 9.10. The Labute approximate surface area is 176 Å². The summed E-state index contributed by atoms with van der Waals surface area (Å²) in [5, 5.41) is 11.0. The van der Waals surface area contributed by atoms with Gasteiger partial charge in [0.25, 0.3) is 17.5 Å². The van der Waals surface area contributed by atoms with Gasteiger partial charge in [0.05, 0.1) is 16.0 Å². The fraction of sp³-hybridized carbons (Fsp3) is 0.300. The predicted octanol–water partition coefficient (Wildman–Crippen LogP) is 4.39. The average Bonchev–Trinajstić information content (AvgIpc) is 2.72. The van der Waals surface area contributed by atoms with E-state index in [-0.39, 0.29) is 16.8 Å². The molecular weight excluding hydrogens is 442 g/mol. The second kappa shape index (κ2) is 11.2. The van der Waals surface area contributed by atoms with Gasteiger partial charge in [-0.15, -0.1) is 0 Å². The molecule has 154 valence electrons. The van der Waals surface area contributed by atoms with Crippen molar-refractivity contribution < 1.29 is 19.2 Å². The molecule has 2 aromatic carbocycles. The lowest BCUT2D eigenvalue weighted by Gasteiger charge is -2.11. The average molecular weight is 464 g/mol. The molecule has 0 spiro atoms. The van der Waals surface area contributed by atoms with Crippen molar-refractivity contribution in [3.8, 4) is 5.75 Å². The number of amides is 2. The number of hydrazine groups is 1. The predicted molar refractivity (Wildman–Crippen MR) is 112 cm³/mol. The van der Waals surface area contributed by atoms with Crippen LogP contribution in [-0.4, -0.2) is 23.3 Å². The molecule has 2 N–H and O–H groups in total. The third-order valence-corrected chi connectivity index (χ3v) is 4.70. The van der Waals surface area contributed by atoms with Crippen molar-refractivity contribution >= 4 is 33.4 Å². The minimum Gasteiger partial charge on any atom is -0.492 e. The van der Waals surface area contributed by atoms with E-state index in [2.05, 4.69) is 33.7 Å². The normalized spacial score (nSPS) is 10.3. The van der Waals surface area contributed by atoms with Crippen LogP contribution in [-0.2, 0) is 0 Å². The molecule has 0 bridgehead atoms. The van der Waals surface area contributed by atoms with E-state index in [1.54, 1.807) is 18.2 Å². The van der Waals surface area contributed by atoms with Crippen LogP contribution >= 0.6 is 15.9 Å². The van der Waals surface area contributed by atoms with Gasteiger partial charge in [-0.25, -0.2) is 0 Å². The fourth-order valence-corrected chi connectivity index (χ4v) is 3.04. The Bertz CT molecular complexity index is 888.